The molecule has 0 amide bonds. The summed E-state index contributed by atoms with van der Waals surface area (Å²) >= 11 is 0. The summed E-state index contributed by atoms with van der Waals surface area (Å²) in [6.07, 6.45) is 13.1. The molecule has 0 aromatic carbocycles. The molecule has 0 atom stereocenters. The van der Waals surface area contributed by atoms with Crippen LogP contribution in [0.25, 0.3) is 0 Å². The molecule has 1 saturated heterocycles. The lowest BCUT2D eigenvalue weighted by Crippen LogP contribution is -2.40. The fraction of sp³-hybridized carbons (Fsp3) is 0.923. The maximum absolute atomic E-state index is 12.0. The average molecular weight is 206 g/mol. The van der Waals surface area contributed by atoms with Gasteiger partial charge in [-0.15, -0.1) is 0 Å². The van der Waals surface area contributed by atoms with E-state index in [-0.39, 0.29) is 5.31 Å². The maximum Gasteiger partial charge on any atom is 0.156 e. The van der Waals surface area contributed by atoms with Crippen molar-refractivity contribution < 1.29 is 4.79 Å². The summed E-state index contributed by atoms with van der Waals surface area (Å²) in [4.78, 5) is 12.0. The molecule has 2 aliphatic rings. The molecule has 1 heterocycles. The second-order valence-corrected chi connectivity index (χ2v) is 5.61. The maximum atomic E-state index is 12.0. The predicted molar refractivity (Wildman–Crippen MR) is 65.7 cm³/mol. The van der Waals surface area contributed by atoms with Crippen LogP contribution in [-0.4, -0.2) is 12.5 Å². The molecule has 0 spiro atoms. The number of carbonyl (C=O) groups excluding carboxylic acids is 1. The largest absolute Gasteiger partial charge is 0.300 e. The molecule has 1 saturated carbocycles. The molecule has 1 nitrogen and oxygen atoms in total. The number of Topliss-reactive ketones (excluding diaryl/α,β-unsaturated/α-hetero) is 1. The molecular weight excluding hydrogens is 183 g/mol. The van der Waals surface area contributed by atoms with Gasteiger partial charge in [0.25, 0.3) is 0 Å². The highest BCUT2D eigenvalue weighted by Gasteiger charge is 2.45. The van der Waals surface area contributed by atoms with Crippen molar-refractivity contribution in [1.82, 2.24) is 0 Å². The Hall–Kier alpha value is -0.265. The van der Waals surface area contributed by atoms with Crippen molar-refractivity contribution in [3.05, 3.63) is 0 Å². The molecule has 0 aromatic heterocycles. The van der Waals surface area contributed by atoms with Crippen LogP contribution in [0.4, 0.5) is 0 Å². The topological polar surface area (TPSA) is 17.1 Å². The van der Waals surface area contributed by atoms with Crippen LogP contribution in [0.5, 0.6) is 0 Å². The Labute approximate surface area is 94.1 Å². The molecule has 2 fully saturated rings. The Morgan fingerprint density at radius 1 is 0.933 bits per heavy atom. The van der Waals surface area contributed by atoms with Crippen LogP contribution in [0.15, 0.2) is 0 Å². The highest BCUT2D eigenvalue weighted by Crippen LogP contribution is 2.50. The molecule has 15 heavy (non-hydrogen) atoms. The molecule has 1 aliphatic carbocycles. The average Bonchev–Trinajstić information content (AvgIpc) is 2.31. The van der Waals surface area contributed by atoms with Crippen LogP contribution in [0.1, 0.15) is 58.3 Å². The number of rotatable bonds is 2. The monoisotopic (exact) mass is 206 g/mol. The summed E-state index contributed by atoms with van der Waals surface area (Å²) in [6, 6.07) is 0. The highest BCUT2D eigenvalue weighted by molar-refractivity contribution is 6.67. The quantitative estimate of drug-likeness (QED) is 0.625. The van der Waals surface area contributed by atoms with Crippen LogP contribution in [0, 0.1) is 0 Å². The van der Waals surface area contributed by atoms with Crippen LogP contribution >= 0.6 is 0 Å². The van der Waals surface area contributed by atoms with Gasteiger partial charge in [0.1, 0.15) is 5.78 Å². The van der Waals surface area contributed by atoms with Gasteiger partial charge in [0.2, 0.25) is 0 Å². The van der Waals surface area contributed by atoms with E-state index in [2.05, 4.69) is 0 Å². The molecule has 0 aromatic rings. The van der Waals surface area contributed by atoms with Crippen molar-refractivity contribution in [3.63, 3.8) is 0 Å². The van der Waals surface area contributed by atoms with Crippen molar-refractivity contribution in [2.24, 2.45) is 0 Å². The molecule has 84 valence electrons. The molecule has 0 N–H and O–H groups in total. The van der Waals surface area contributed by atoms with Gasteiger partial charge in [-0.1, -0.05) is 51.2 Å². The molecule has 1 aliphatic heterocycles. The third kappa shape index (κ3) is 2.14. The molecular formula is C13H23BO. The third-order valence-electron chi connectivity index (χ3n) is 4.83. The first-order chi connectivity index (χ1) is 7.26. The van der Waals surface area contributed by atoms with Crippen LogP contribution in [-0.2, 0) is 4.79 Å². The fourth-order valence-corrected chi connectivity index (χ4v) is 3.89. The number of ketones is 1. The highest BCUT2D eigenvalue weighted by atomic mass is 16.1. The van der Waals surface area contributed by atoms with Gasteiger partial charge < -0.3 is 4.79 Å². The van der Waals surface area contributed by atoms with E-state index >= 15 is 0 Å². The molecule has 0 unspecified atom stereocenters. The van der Waals surface area contributed by atoms with Gasteiger partial charge in [0, 0.05) is 5.31 Å². The normalized spacial score (nSPS) is 26.3. The van der Waals surface area contributed by atoms with E-state index in [0.717, 1.165) is 6.71 Å². The van der Waals surface area contributed by atoms with Crippen LogP contribution < -0.4 is 0 Å². The van der Waals surface area contributed by atoms with Gasteiger partial charge in [0.15, 0.2) is 6.71 Å². The first kappa shape index (κ1) is 11.2. The lowest BCUT2D eigenvalue weighted by atomic mass is 9.25. The molecule has 2 heteroatoms. The van der Waals surface area contributed by atoms with E-state index in [9.17, 15) is 4.79 Å². The zero-order valence-electron chi connectivity index (χ0n) is 10.1. The van der Waals surface area contributed by atoms with Crippen molar-refractivity contribution in [1.29, 1.82) is 0 Å². The lowest BCUT2D eigenvalue weighted by Gasteiger charge is -2.41. The zero-order valence-corrected chi connectivity index (χ0v) is 10.1. The minimum Gasteiger partial charge on any atom is -0.300 e. The standard InChI is InChI=1S/C13H23BO/c1-12(15)13(8-4-2-5-9-13)14-10-6-3-7-11-14/h2-11H2,1H3. The summed E-state index contributed by atoms with van der Waals surface area (Å²) in [6.45, 7) is 2.57. The summed E-state index contributed by atoms with van der Waals surface area (Å²) in [7, 11) is 0. The first-order valence-corrected chi connectivity index (χ1v) is 6.77. The second-order valence-electron chi connectivity index (χ2n) is 5.61. The van der Waals surface area contributed by atoms with Crippen molar-refractivity contribution in [3.8, 4) is 0 Å². The number of hydrogen-bond donors (Lipinski definition) is 0. The minimum absolute atomic E-state index is 0.110. The van der Waals surface area contributed by atoms with E-state index in [0.29, 0.717) is 5.78 Å². The van der Waals surface area contributed by atoms with Crippen molar-refractivity contribution >= 4 is 12.5 Å². The Morgan fingerprint density at radius 3 is 2.00 bits per heavy atom. The zero-order chi connectivity index (χ0) is 10.7. The van der Waals surface area contributed by atoms with Gasteiger partial charge >= 0.3 is 0 Å². The molecule has 0 radical (unpaired) electrons. The Morgan fingerprint density at radius 2 is 1.47 bits per heavy atom. The third-order valence-corrected chi connectivity index (χ3v) is 4.83. The van der Waals surface area contributed by atoms with Gasteiger partial charge in [-0.2, -0.15) is 0 Å². The van der Waals surface area contributed by atoms with Gasteiger partial charge in [-0.3, -0.25) is 0 Å². The van der Waals surface area contributed by atoms with Crippen molar-refractivity contribution in [2.75, 3.05) is 0 Å². The number of carbonyl (C=O) groups is 1. The minimum atomic E-state index is 0.110. The van der Waals surface area contributed by atoms with E-state index in [1.807, 2.05) is 6.92 Å². The predicted octanol–water partition coefficient (Wildman–Crippen LogP) is 3.96. The van der Waals surface area contributed by atoms with E-state index < -0.39 is 0 Å². The smallest absolute Gasteiger partial charge is 0.156 e. The van der Waals surface area contributed by atoms with E-state index in [1.54, 1.807) is 0 Å². The SMILES string of the molecule is CC(=O)C1(B2CCCCC2)CCCCC1. The summed E-state index contributed by atoms with van der Waals surface area (Å²) < 4.78 is 0. The van der Waals surface area contributed by atoms with Gasteiger partial charge in [-0.05, 0) is 19.8 Å². The van der Waals surface area contributed by atoms with Crippen LogP contribution in [0.2, 0.25) is 18.0 Å². The first-order valence-electron chi connectivity index (χ1n) is 6.77. The fourth-order valence-electron chi connectivity index (χ4n) is 3.89. The second kappa shape index (κ2) is 4.72. The molecule has 0 bridgehead atoms. The van der Waals surface area contributed by atoms with Gasteiger partial charge in [-0.25, -0.2) is 0 Å². The van der Waals surface area contributed by atoms with E-state index in [1.165, 1.54) is 64.0 Å². The summed E-state index contributed by atoms with van der Waals surface area (Å²) in [5.74, 6) is 0.495. The van der Waals surface area contributed by atoms with Crippen molar-refractivity contribution in [2.45, 2.75) is 76.2 Å². The van der Waals surface area contributed by atoms with Crippen LogP contribution in [0.3, 0.4) is 0 Å². The lowest BCUT2D eigenvalue weighted by molar-refractivity contribution is -0.120. The number of hydrogen-bond acceptors (Lipinski definition) is 1. The Kier molecular flexibility index (Phi) is 3.53. The Bertz CT molecular complexity index is 225. The Balaban J connectivity index is 2.12. The molecule has 2 rings (SSSR count). The summed E-state index contributed by atoms with van der Waals surface area (Å²) in [5.41, 5.74) is 0. The summed E-state index contributed by atoms with van der Waals surface area (Å²) in [5, 5.41) is 0.110. The van der Waals surface area contributed by atoms with Gasteiger partial charge in [0.05, 0.1) is 0 Å². The van der Waals surface area contributed by atoms with E-state index in [4.69, 9.17) is 0 Å².